The number of aryl methyl sites for hydroxylation is 1. The smallest absolute Gasteiger partial charge is 0.276 e. The Morgan fingerprint density at radius 1 is 1.58 bits per heavy atom. The number of rotatable bonds is 4. The summed E-state index contributed by atoms with van der Waals surface area (Å²) >= 11 is 1.38. The fourth-order valence-electron chi connectivity index (χ4n) is 0.622. The molecule has 0 saturated heterocycles. The van der Waals surface area contributed by atoms with Gasteiger partial charge in [-0.25, -0.2) is 0 Å². The van der Waals surface area contributed by atoms with Gasteiger partial charge in [0.15, 0.2) is 0 Å². The molecular weight excluding hydrogens is 176 g/mol. The molecule has 1 rings (SSSR count). The van der Waals surface area contributed by atoms with E-state index in [1.54, 1.807) is 6.92 Å². The Hall–Kier alpha value is -0.550. The molecule has 1 atom stereocenters. The minimum Gasteiger partial charge on any atom is -0.416 e. The van der Waals surface area contributed by atoms with Crippen LogP contribution in [0.3, 0.4) is 0 Å². The lowest BCUT2D eigenvalue weighted by atomic mass is 10.3. The average Bonchev–Trinajstić information content (AvgIpc) is 2.47. The summed E-state index contributed by atoms with van der Waals surface area (Å²) in [7, 11) is 0. The SMILES string of the molecule is CCC(O)CSc1nnc(C)o1. The molecular formula is C7H12N2O2S. The van der Waals surface area contributed by atoms with Gasteiger partial charge in [0.1, 0.15) is 0 Å². The summed E-state index contributed by atoms with van der Waals surface area (Å²) in [6.45, 7) is 3.68. The third kappa shape index (κ3) is 2.83. The van der Waals surface area contributed by atoms with Crippen LogP contribution in [0.15, 0.2) is 9.64 Å². The zero-order chi connectivity index (χ0) is 8.97. The van der Waals surface area contributed by atoms with Crippen molar-refractivity contribution in [3.63, 3.8) is 0 Å². The standard InChI is InChI=1S/C7H12N2O2S/c1-3-6(10)4-12-7-9-8-5(2)11-7/h6,10H,3-4H2,1-2H3. The molecule has 4 nitrogen and oxygen atoms in total. The zero-order valence-electron chi connectivity index (χ0n) is 7.15. The van der Waals surface area contributed by atoms with Gasteiger partial charge in [0, 0.05) is 12.7 Å². The van der Waals surface area contributed by atoms with Crippen molar-refractivity contribution in [2.45, 2.75) is 31.6 Å². The Bertz CT molecular complexity index is 239. The van der Waals surface area contributed by atoms with Gasteiger partial charge in [0.2, 0.25) is 5.89 Å². The van der Waals surface area contributed by atoms with Crippen molar-refractivity contribution in [2.24, 2.45) is 0 Å². The molecule has 1 aromatic rings. The first-order valence-electron chi connectivity index (χ1n) is 3.83. The van der Waals surface area contributed by atoms with Crippen LogP contribution in [0, 0.1) is 6.92 Å². The van der Waals surface area contributed by atoms with E-state index in [2.05, 4.69) is 10.2 Å². The highest BCUT2D eigenvalue weighted by Crippen LogP contribution is 2.17. The van der Waals surface area contributed by atoms with Crippen molar-refractivity contribution in [3.8, 4) is 0 Å². The second kappa shape index (κ2) is 4.47. The van der Waals surface area contributed by atoms with Gasteiger partial charge in [-0.2, -0.15) is 0 Å². The highest BCUT2D eigenvalue weighted by atomic mass is 32.2. The molecule has 12 heavy (non-hydrogen) atoms. The van der Waals surface area contributed by atoms with Gasteiger partial charge < -0.3 is 9.52 Å². The molecule has 0 saturated carbocycles. The third-order valence-corrected chi connectivity index (χ3v) is 2.34. The lowest BCUT2D eigenvalue weighted by Crippen LogP contribution is -2.07. The number of thioether (sulfide) groups is 1. The molecule has 0 aliphatic heterocycles. The second-order valence-corrected chi connectivity index (χ2v) is 3.43. The maximum absolute atomic E-state index is 9.22. The molecule has 0 radical (unpaired) electrons. The predicted molar refractivity (Wildman–Crippen MR) is 46.1 cm³/mol. The van der Waals surface area contributed by atoms with E-state index in [1.807, 2.05) is 6.92 Å². The maximum atomic E-state index is 9.22. The van der Waals surface area contributed by atoms with Crippen LogP contribution in [0.2, 0.25) is 0 Å². The quantitative estimate of drug-likeness (QED) is 0.720. The third-order valence-electron chi connectivity index (χ3n) is 1.38. The summed E-state index contributed by atoms with van der Waals surface area (Å²) in [5.41, 5.74) is 0. The topological polar surface area (TPSA) is 59.2 Å². The van der Waals surface area contributed by atoms with E-state index in [4.69, 9.17) is 4.42 Å². The van der Waals surface area contributed by atoms with E-state index < -0.39 is 0 Å². The van der Waals surface area contributed by atoms with Crippen molar-refractivity contribution < 1.29 is 9.52 Å². The highest BCUT2D eigenvalue weighted by Gasteiger charge is 2.06. The van der Waals surface area contributed by atoms with Crippen molar-refractivity contribution in [1.29, 1.82) is 0 Å². The minimum absolute atomic E-state index is 0.290. The summed E-state index contributed by atoms with van der Waals surface area (Å²) < 4.78 is 5.11. The maximum Gasteiger partial charge on any atom is 0.276 e. The van der Waals surface area contributed by atoms with Gasteiger partial charge in [-0.1, -0.05) is 18.7 Å². The van der Waals surface area contributed by atoms with Gasteiger partial charge >= 0.3 is 0 Å². The molecule has 0 spiro atoms. The Morgan fingerprint density at radius 3 is 2.83 bits per heavy atom. The molecule has 5 heteroatoms. The molecule has 0 bridgehead atoms. The van der Waals surface area contributed by atoms with Gasteiger partial charge in [-0.15, -0.1) is 10.2 Å². The minimum atomic E-state index is -0.290. The Labute approximate surface area is 75.4 Å². The first-order valence-corrected chi connectivity index (χ1v) is 4.82. The number of aromatic nitrogens is 2. The van der Waals surface area contributed by atoms with Crippen LogP contribution in [-0.2, 0) is 0 Å². The first-order chi connectivity index (χ1) is 5.72. The van der Waals surface area contributed by atoms with E-state index in [-0.39, 0.29) is 6.10 Å². The van der Waals surface area contributed by atoms with Gasteiger partial charge in [0.25, 0.3) is 5.22 Å². The summed E-state index contributed by atoms with van der Waals surface area (Å²) in [4.78, 5) is 0. The second-order valence-electron chi connectivity index (χ2n) is 2.46. The fourth-order valence-corrected chi connectivity index (χ4v) is 1.47. The lowest BCUT2D eigenvalue weighted by Gasteiger charge is -2.02. The van der Waals surface area contributed by atoms with E-state index in [0.29, 0.717) is 16.9 Å². The monoisotopic (exact) mass is 188 g/mol. The zero-order valence-corrected chi connectivity index (χ0v) is 7.97. The van der Waals surface area contributed by atoms with Gasteiger partial charge in [0.05, 0.1) is 6.10 Å². The number of hydrogen-bond acceptors (Lipinski definition) is 5. The molecule has 1 N–H and O–H groups in total. The van der Waals surface area contributed by atoms with Gasteiger partial charge in [-0.05, 0) is 6.42 Å². The largest absolute Gasteiger partial charge is 0.416 e. The van der Waals surface area contributed by atoms with E-state index in [0.717, 1.165) is 6.42 Å². The van der Waals surface area contributed by atoms with Crippen LogP contribution in [-0.4, -0.2) is 27.2 Å². The van der Waals surface area contributed by atoms with Crippen LogP contribution < -0.4 is 0 Å². The lowest BCUT2D eigenvalue weighted by molar-refractivity contribution is 0.195. The summed E-state index contributed by atoms with van der Waals surface area (Å²) in [6, 6.07) is 0. The predicted octanol–water partition coefficient (Wildman–Crippen LogP) is 1.24. The summed E-state index contributed by atoms with van der Waals surface area (Å²) in [5.74, 6) is 1.17. The number of nitrogens with zero attached hydrogens (tertiary/aromatic N) is 2. The molecule has 0 fully saturated rings. The average molecular weight is 188 g/mol. The van der Waals surface area contributed by atoms with Crippen LogP contribution in [0.25, 0.3) is 0 Å². The highest BCUT2D eigenvalue weighted by molar-refractivity contribution is 7.99. The van der Waals surface area contributed by atoms with E-state index >= 15 is 0 Å². The molecule has 0 aliphatic carbocycles. The molecule has 0 amide bonds. The Balaban J connectivity index is 2.33. The molecule has 0 aromatic carbocycles. The molecule has 1 unspecified atom stereocenters. The van der Waals surface area contributed by atoms with E-state index in [1.165, 1.54) is 11.8 Å². The van der Waals surface area contributed by atoms with Crippen LogP contribution in [0.4, 0.5) is 0 Å². The van der Waals surface area contributed by atoms with Crippen molar-refractivity contribution >= 4 is 11.8 Å². The molecule has 0 aliphatic rings. The normalized spacial score (nSPS) is 13.2. The molecule has 1 aromatic heterocycles. The van der Waals surface area contributed by atoms with Crippen LogP contribution in [0.5, 0.6) is 0 Å². The molecule has 68 valence electrons. The van der Waals surface area contributed by atoms with Crippen molar-refractivity contribution in [3.05, 3.63) is 5.89 Å². The number of aliphatic hydroxyl groups is 1. The Kier molecular flexibility index (Phi) is 3.55. The fraction of sp³-hybridized carbons (Fsp3) is 0.714. The summed E-state index contributed by atoms with van der Waals surface area (Å²) in [6.07, 6.45) is 0.460. The van der Waals surface area contributed by atoms with Crippen molar-refractivity contribution in [1.82, 2.24) is 10.2 Å². The van der Waals surface area contributed by atoms with E-state index in [9.17, 15) is 5.11 Å². The van der Waals surface area contributed by atoms with Crippen LogP contribution in [0.1, 0.15) is 19.2 Å². The molecule has 1 heterocycles. The first kappa shape index (κ1) is 9.54. The Morgan fingerprint density at radius 2 is 2.33 bits per heavy atom. The van der Waals surface area contributed by atoms with Crippen molar-refractivity contribution in [2.75, 3.05) is 5.75 Å². The summed E-state index contributed by atoms with van der Waals surface area (Å²) in [5, 5.41) is 17.2. The van der Waals surface area contributed by atoms with Gasteiger partial charge in [-0.3, -0.25) is 0 Å². The van der Waals surface area contributed by atoms with Crippen LogP contribution >= 0.6 is 11.8 Å². The number of hydrogen-bond donors (Lipinski definition) is 1. The number of aliphatic hydroxyl groups excluding tert-OH is 1.